The molecule has 8 heteroatoms. The molecule has 0 spiro atoms. The van der Waals surface area contributed by atoms with Gasteiger partial charge in [-0.05, 0) is 39.2 Å². The SMILES string of the molecule is CC(C)(C)OC(=O)N1CCN(C(N)=NCc2nccn2CCCc2ccccc2)CC1. The first-order chi connectivity index (χ1) is 14.8. The van der Waals surface area contributed by atoms with Gasteiger partial charge in [0.15, 0.2) is 5.96 Å². The lowest BCUT2D eigenvalue weighted by molar-refractivity contribution is 0.0186. The molecule has 0 aliphatic carbocycles. The first-order valence-electron chi connectivity index (χ1n) is 10.9. The van der Waals surface area contributed by atoms with Crippen LogP contribution in [0.25, 0.3) is 0 Å². The number of amides is 1. The molecule has 2 N–H and O–H groups in total. The Morgan fingerprint density at radius 2 is 1.81 bits per heavy atom. The van der Waals surface area contributed by atoms with Crippen LogP contribution < -0.4 is 5.73 Å². The van der Waals surface area contributed by atoms with Crippen molar-refractivity contribution in [1.82, 2.24) is 19.4 Å². The van der Waals surface area contributed by atoms with Crippen molar-refractivity contribution in [3.05, 3.63) is 54.1 Å². The fourth-order valence-electron chi connectivity index (χ4n) is 3.49. The maximum Gasteiger partial charge on any atom is 0.410 e. The van der Waals surface area contributed by atoms with Gasteiger partial charge in [-0.15, -0.1) is 0 Å². The summed E-state index contributed by atoms with van der Waals surface area (Å²) in [6.07, 6.45) is 5.60. The Balaban J connectivity index is 1.46. The Morgan fingerprint density at radius 1 is 1.13 bits per heavy atom. The second-order valence-corrected chi connectivity index (χ2v) is 8.75. The zero-order valence-corrected chi connectivity index (χ0v) is 18.8. The number of hydrogen-bond acceptors (Lipinski definition) is 4. The predicted octanol–water partition coefficient (Wildman–Crippen LogP) is 2.88. The van der Waals surface area contributed by atoms with E-state index in [1.54, 1.807) is 4.90 Å². The Morgan fingerprint density at radius 3 is 2.48 bits per heavy atom. The Hall–Kier alpha value is -3.03. The maximum absolute atomic E-state index is 12.2. The number of aromatic nitrogens is 2. The van der Waals surface area contributed by atoms with Crippen molar-refractivity contribution >= 4 is 12.1 Å². The number of guanidine groups is 1. The monoisotopic (exact) mass is 426 g/mol. The number of aliphatic imine (C=N–C) groups is 1. The minimum absolute atomic E-state index is 0.278. The van der Waals surface area contributed by atoms with E-state index in [1.807, 2.05) is 44.1 Å². The highest BCUT2D eigenvalue weighted by Crippen LogP contribution is 2.12. The van der Waals surface area contributed by atoms with Crippen molar-refractivity contribution in [2.24, 2.45) is 10.7 Å². The summed E-state index contributed by atoms with van der Waals surface area (Å²) >= 11 is 0. The minimum atomic E-state index is -0.488. The Labute approximate surface area is 184 Å². The lowest BCUT2D eigenvalue weighted by Gasteiger charge is -2.36. The zero-order valence-electron chi connectivity index (χ0n) is 18.8. The largest absolute Gasteiger partial charge is 0.444 e. The van der Waals surface area contributed by atoms with Crippen molar-refractivity contribution in [3.63, 3.8) is 0 Å². The van der Waals surface area contributed by atoms with Crippen LogP contribution in [0.5, 0.6) is 0 Å². The number of nitrogens with two attached hydrogens (primary N) is 1. The topological polar surface area (TPSA) is 89.0 Å². The standard InChI is InChI=1S/C23H34N6O2/c1-23(2,3)31-22(30)29-16-14-28(15-17-29)21(24)26-18-20-25-11-13-27(20)12-7-10-19-8-5-4-6-9-19/h4-6,8-9,11,13H,7,10,12,14-18H2,1-3H3,(H2,24,26). The van der Waals surface area contributed by atoms with Gasteiger partial charge in [0.2, 0.25) is 0 Å². The summed E-state index contributed by atoms with van der Waals surface area (Å²) in [6, 6.07) is 10.5. The highest BCUT2D eigenvalue weighted by Gasteiger charge is 2.26. The Kier molecular flexibility index (Phi) is 7.55. The first kappa shape index (κ1) is 22.7. The van der Waals surface area contributed by atoms with E-state index in [0.29, 0.717) is 38.7 Å². The van der Waals surface area contributed by atoms with Crippen LogP contribution >= 0.6 is 0 Å². The lowest BCUT2D eigenvalue weighted by atomic mass is 10.1. The first-order valence-corrected chi connectivity index (χ1v) is 10.9. The quantitative estimate of drug-likeness (QED) is 0.567. The van der Waals surface area contributed by atoms with E-state index in [4.69, 9.17) is 10.5 Å². The molecule has 1 aliphatic rings. The number of imidazole rings is 1. The highest BCUT2D eigenvalue weighted by molar-refractivity contribution is 5.78. The van der Waals surface area contributed by atoms with E-state index in [0.717, 1.165) is 25.2 Å². The second kappa shape index (κ2) is 10.3. The summed E-state index contributed by atoms with van der Waals surface area (Å²) in [4.78, 5) is 24.9. The van der Waals surface area contributed by atoms with Crippen LogP contribution in [0.1, 0.15) is 38.6 Å². The maximum atomic E-state index is 12.2. The minimum Gasteiger partial charge on any atom is -0.444 e. The molecule has 8 nitrogen and oxygen atoms in total. The molecule has 0 radical (unpaired) electrons. The van der Waals surface area contributed by atoms with Crippen LogP contribution in [0.3, 0.4) is 0 Å². The van der Waals surface area contributed by atoms with Crippen LogP contribution in [0.15, 0.2) is 47.7 Å². The van der Waals surface area contributed by atoms with Gasteiger partial charge in [0.25, 0.3) is 0 Å². The van der Waals surface area contributed by atoms with E-state index in [9.17, 15) is 4.79 Å². The van der Waals surface area contributed by atoms with Crippen LogP contribution in [-0.2, 0) is 24.2 Å². The number of aryl methyl sites for hydroxylation is 2. The number of benzene rings is 1. The molecule has 1 aliphatic heterocycles. The fraction of sp³-hybridized carbons (Fsp3) is 0.522. The molecule has 1 aromatic carbocycles. The average molecular weight is 427 g/mol. The normalized spacial score (nSPS) is 15.3. The Bertz CT molecular complexity index is 864. The van der Waals surface area contributed by atoms with Gasteiger partial charge in [-0.1, -0.05) is 30.3 Å². The molecule has 1 saturated heterocycles. The van der Waals surface area contributed by atoms with Gasteiger partial charge in [-0.3, -0.25) is 0 Å². The third-order valence-corrected chi connectivity index (χ3v) is 5.15. The van der Waals surface area contributed by atoms with E-state index >= 15 is 0 Å². The summed E-state index contributed by atoms with van der Waals surface area (Å²) in [5.41, 5.74) is 7.07. The van der Waals surface area contributed by atoms with Gasteiger partial charge in [0.1, 0.15) is 18.0 Å². The molecular weight excluding hydrogens is 392 g/mol. The van der Waals surface area contributed by atoms with Crippen molar-refractivity contribution in [2.45, 2.75) is 52.3 Å². The van der Waals surface area contributed by atoms with E-state index in [1.165, 1.54) is 5.56 Å². The lowest BCUT2D eigenvalue weighted by Crippen LogP contribution is -2.53. The van der Waals surface area contributed by atoms with Crippen LogP contribution in [-0.4, -0.2) is 63.2 Å². The van der Waals surface area contributed by atoms with Gasteiger partial charge in [-0.25, -0.2) is 14.8 Å². The molecule has 0 atom stereocenters. The second-order valence-electron chi connectivity index (χ2n) is 8.75. The van der Waals surface area contributed by atoms with Crippen molar-refractivity contribution in [2.75, 3.05) is 26.2 Å². The number of ether oxygens (including phenoxy) is 1. The molecule has 0 unspecified atom stereocenters. The summed E-state index contributed by atoms with van der Waals surface area (Å²) in [7, 11) is 0. The molecule has 2 heterocycles. The van der Waals surface area contributed by atoms with Crippen LogP contribution in [0, 0.1) is 0 Å². The molecule has 1 aromatic heterocycles. The van der Waals surface area contributed by atoms with Gasteiger partial charge in [0, 0.05) is 45.1 Å². The molecule has 3 rings (SSSR count). The third kappa shape index (κ3) is 7.01. The molecule has 1 amide bonds. The van der Waals surface area contributed by atoms with E-state index in [-0.39, 0.29) is 6.09 Å². The predicted molar refractivity (Wildman–Crippen MR) is 122 cm³/mol. The number of hydrogen-bond donors (Lipinski definition) is 1. The number of carbonyl (C=O) groups is 1. The fourth-order valence-corrected chi connectivity index (χ4v) is 3.49. The van der Waals surface area contributed by atoms with E-state index < -0.39 is 5.60 Å². The molecule has 0 bridgehead atoms. The smallest absolute Gasteiger partial charge is 0.410 e. The number of rotatable bonds is 6. The molecule has 0 saturated carbocycles. The summed E-state index contributed by atoms with van der Waals surface area (Å²) in [5.74, 6) is 1.39. The van der Waals surface area contributed by atoms with Crippen molar-refractivity contribution < 1.29 is 9.53 Å². The number of nitrogens with zero attached hydrogens (tertiary/aromatic N) is 5. The van der Waals surface area contributed by atoms with Gasteiger partial charge in [-0.2, -0.15) is 0 Å². The third-order valence-electron chi connectivity index (χ3n) is 5.15. The number of piperazine rings is 1. The van der Waals surface area contributed by atoms with Crippen LogP contribution in [0.4, 0.5) is 4.79 Å². The summed E-state index contributed by atoms with van der Waals surface area (Å²) in [6.45, 7) is 9.37. The molecule has 168 valence electrons. The summed E-state index contributed by atoms with van der Waals surface area (Å²) < 4.78 is 7.58. The zero-order chi connectivity index (χ0) is 22.3. The molecule has 31 heavy (non-hydrogen) atoms. The molecular formula is C23H34N6O2. The van der Waals surface area contributed by atoms with Crippen molar-refractivity contribution in [3.8, 4) is 0 Å². The van der Waals surface area contributed by atoms with E-state index in [2.05, 4.69) is 38.8 Å². The molecule has 2 aromatic rings. The summed E-state index contributed by atoms with van der Waals surface area (Å²) in [5, 5.41) is 0. The van der Waals surface area contributed by atoms with Gasteiger partial charge in [0.05, 0.1) is 0 Å². The molecule has 1 fully saturated rings. The van der Waals surface area contributed by atoms with Gasteiger partial charge >= 0.3 is 6.09 Å². The number of carbonyl (C=O) groups excluding carboxylic acids is 1. The average Bonchev–Trinajstić information content (AvgIpc) is 3.19. The highest BCUT2D eigenvalue weighted by atomic mass is 16.6. The van der Waals surface area contributed by atoms with Crippen LogP contribution in [0.2, 0.25) is 0 Å². The van der Waals surface area contributed by atoms with Crippen molar-refractivity contribution in [1.29, 1.82) is 0 Å². The van der Waals surface area contributed by atoms with Gasteiger partial charge < -0.3 is 24.8 Å².